The maximum atomic E-state index is 4.74. The Kier molecular flexibility index (Phi) is 3.62. The van der Waals surface area contributed by atoms with Crippen LogP contribution in [-0.2, 0) is 6.54 Å². The van der Waals surface area contributed by atoms with Gasteiger partial charge in [0.05, 0.1) is 12.2 Å². The number of hydrogen-bond donors (Lipinski definition) is 1. The van der Waals surface area contributed by atoms with Crippen LogP contribution in [0.25, 0.3) is 32.8 Å². The van der Waals surface area contributed by atoms with Gasteiger partial charge in [-0.15, -0.1) is 11.3 Å². The molecule has 0 aliphatic rings. The standard InChI is InChI=1S/C21H19N5S/c1-12-8-13(2)23-20-19(12)24-14(3)26(20)11-15-4-5-17-16(9-15)10-18(25-17)21-22-6-7-27-21/h4-10,25H,11H2,1-3H3. The minimum absolute atomic E-state index is 0.756. The Bertz CT molecular complexity index is 1280. The SMILES string of the molecule is Cc1cc(C)c2nc(C)n(Cc3ccc4[nH]c(-c5nccs5)cc4c3)c2n1. The Hall–Kier alpha value is -2.99. The Morgan fingerprint density at radius 3 is 2.78 bits per heavy atom. The van der Waals surface area contributed by atoms with Crippen LogP contribution in [0.3, 0.4) is 0 Å². The smallest absolute Gasteiger partial charge is 0.160 e. The number of benzene rings is 1. The fraction of sp³-hybridized carbons (Fsp3) is 0.190. The summed E-state index contributed by atoms with van der Waals surface area (Å²) in [5.74, 6) is 0.990. The van der Waals surface area contributed by atoms with Crippen molar-refractivity contribution in [3.63, 3.8) is 0 Å². The highest BCUT2D eigenvalue weighted by atomic mass is 32.1. The van der Waals surface area contributed by atoms with E-state index in [0.717, 1.165) is 45.4 Å². The van der Waals surface area contributed by atoms with E-state index >= 15 is 0 Å². The summed E-state index contributed by atoms with van der Waals surface area (Å²) in [6.45, 7) is 6.93. The maximum absolute atomic E-state index is 4.74. The molecule has 5 rings (SSSR count). The van der Waals surface area contributed by atoms with Gasteiger partial charge in [0.2, 0.25) is 0 Å². The number of nitrogens with one attached hydrogen (secondary N) is 1. The first-order valence-electron chi connectivity index (χ1n) is 8.91. The summed E-state index contributed by atoms with van der Waals surface area (Å²) in [6, 6.07) is 10.8. The number of hydrogen-bond acceptors (Lipinski definition) is 4. The third kappa shape index (κ3) is 2.73. The fourth-order valence-electron chi connectivity index (χ4n) is 3.64. The predicted octanol–water partition coefficient (Wildman–Crippen LogP) is 5.01. The minimum atomic E-state index is 0.756. The van der Waals surface area contributed by atoms with E-state index < -0.39 is 0 Å². The van der Waals surface area contributed by atoms with Gasteiger partial charge in [-0.05, 0) is 56.2 Å². The van der Waals surface area contributed by atoms with E-state index in [4.69, 9.17) is 9.97 Å². The Balaban J connectivity index is 1.57. The third-order valence-corrected chi connectivity index (χ3v) is 5.71. The molecule has 27 heavy (non-hydrogen) atoms. The van der Waals surface area contributed by atoms with Gasteiger partial charge in [-0.1, -0.05) is 6.07 Å². The van der Waals surface area contributed by atoms with E-state index in [-0.39, 0.29) is 0 Å². The maximum Gasteiger partial charge on any atom is 0.160 e. The van der Waals surface area contributed by atoms with Crippen molar-refractivity contribution in [1.29, 1.82) is 0 Å². The molecular formula is C21H19N5S. The van der Waals surface area contributed by atoms with Gasteiger partial charge in [-0.25, -0.2) is 15.0 Å². The minimum Gasteiger partial charge on any atom is -0.353 e. The van der Waals surface area contributed by atoms with Crippen LogP contribution in [0.5, 0.6) is 0 Å². The van der Waals surface area contributed by atoms with Crippen molar-refractivity contribution in [3.05, 3.63) is 64.6 Å². The van der Waals surface area contributed by atoms with Crippen LogP contribution in [0, 0.1) is 20.8 Å². The molecule has 1 N–H and O–H groups in total. The molecule has 5 aromatic rings. The molecule has 0 atom stereocenters. The summed E-state index contributed by atoms with van der Waals surface area (Å²) in [5, 5.41) is 4.20. The van der Waals surface area contributed by atoms with E-state index in [1.807, 2.05) is 25.4 Å². The van der Waals surface area contributed by atoms with E-state index in [1.54, 1.807) is 11.3 Å². The van der Waals surface area contributed by atoms with Gasteiger partial charge in [0.1, 0.15) is 16.3 Å². The molecular weight excluding hydrogens is 354 g/mol. The molecule has 0 saturated carbocycles. The topological polar surface area (TPSA) is 59.4 Å². The molecule has 0 aliphatic heterocycles. The number of rotatable bonds is 3. The largest absolute Gasteiger partial charge is 0.353 e. The number of imidazole rings is 1. The molecule has 0 radical (unpaired) electrons. The molecule has 1 aromatic carbocycles. The normalized spacial score (nSPS) is 11.7. The number of H-pyrrole nitrogens is 1. The van der Waals surface area contributed by atoms with E-state index in [9.17, 15) is 0 Å². The lowest BCUT2D eigenvalue weighted by atomic mass is 10.1. The van der Waals surface area contributed by atoms with Gasteiger partial charge in [-0.2, -0.15) is 0 Å². The predicted molar refractivity (Wildman–Crippen MR) is 110 cm³/mol. The summed E-state index contributed by atoms with van der Waals surface area (Å²) < 4.78 is 2.20. The quantitative estimate of drug-likeness (QED) is 0.484. The second-order valence-corrected chi connectivity index (χ2v) is 7.83. The summed E-state index contributed by atoms with van der Waals surface area (Å²) in [4.78, 5) is 17.3. The molecule has 0 bridgehead atoms. The summed E-state index contributed by atoms with van der Waals surface area (Å²) in [7, 11) is 0. The number of fused-ring (bicyclic) bond motifs is 2. The van der Waals surface area contributed by atoms with Crippen LogP contribution in [0.4, 0.5) is 0 Å². The molecule has 0 amide bonds. The number of aryl methyl sites for hydroxylation is 3. The van der Waals surface area contributed by atoms with E-state index in [0.29, 0.717) is 0 Å². The van der Waals surface area contributed by atoms with Gasteiger partial charge in [-0.3, -0.25) is 0 Å². The van der Waals surface area contributed by atoms with Crippen LogP contribution in [0.1, 0.15) is 22.6 Å². The number of pyridine rings is 1. The monoisotopic (exact) mass is 373 g/mol. The molecule has 134 valence electrons. The molecule has 0 fully saturated rings. The first-order chi connectivity index (χ1) is 13.1. The fourth-order valence-corrected chi connectivity index (χ4v) is 4.25. The lowest BCUT2D eigenvalue weighted by molar-refractivity contribution is 0.777. The van der Waals surface area contributed by atoms with Crippen molar-refractivity contribution in [2.75, 3.05) is 0 Å². The number of thiazole rings is 1. The lowest BCUT2D eigenvalue weighted by Crippen LogP contribution is -2.03. The summed E-state index contributed by atoms with van der Waals surface area (Å²) in [6.07, 6.45) is 1.83. The first-order valence-corrected chi connectivity index (χ1v) is 9.79. The van der Waals surface area contributed by atoms with Crippen molar-refractivity contribution in [1.82, 2.24) is 24.5 Å². The van der Waals surface area contributed by atoms with Crippen LogP contribution < -0.4 is 0 Å². The van der Waals surface area contributed by atoms with E-state index in [1.165, 1.54) is 16.5 Å². The zero-order valence-corrected chi connectivity index (χ0v) is 16.3. The number of nitrogens with zero attached hydrogens (tertiary/aromatic N) is 4. The molecule has 6 heteroatoms. The third-order valence-electron chi connectivity index (χ3n) is 4.90. The Morgan fingerprint density at radius 1 is 1.07 bits per heavy atom. The Morgan fingerprint density at radius 2 is 1.96 bits per heavy atom. The average molecular weight is 373 g/mol. The highest BCUT2D eigenvalue weighted by molar-refractivity contribution is 7.13. The van der Waals surface area contributed by atoms with Gasteiger partial charge < -0.3 is 9.55 Å². The molecule has 0 aliphatic carbocycles. The van der Waals surface area contributed by atoms with Gasteiger partial charge in [0, 0.05) is 28.2 Å². The summed E-state index contributed by atoms with van der Waals surface area (Å²) >= 11 is 1.64. The highest BCUT2D eigenvalue weighted by Gasteiger charge is 2.13. The van der Waals surface area contributed by atoms with E-state index in [2.05, 4.69) is 51.8 Å². The zero-order chi connectivity index (χ0) is 18.5. The molecule has 0 saturated heterocycles. The molecule has 5 nitrogen and oxygen atoms in total. The van der Waals surface area contributed by atoms with Crippen LogP contribution in [0.15, 0.2) is 41.9 Å². The average Bonchev–Trinajstić information content (AvgIpc) is 3.35. The zero-order valence-electron chi connectivity index (χ0n) is 15.4. The highest BCUT2D eigenvalue weighted by Crippen LogP contribution is 2.27. The van der Waals surface area contributed by atoms with Gasteiger partial charge in [0.25, 0.3) is 0 Å². The lowest BCUT2D eigenvalue weighted by Gasteiger charge is -2.07. The first kappa shape index (κ1) is 16.2. The molecule has 0 spiro atoms. The van der Waals surface area contributed by atoms with Gasteiger partial charge in [0.15, 0.2) is 5.65 Å². The molecule has 4 aromatic heterocycles. The van der Waals surface area contributed by atoms with Crippen molar-refractivity contribution in [3.8, 4) is 10.7 Å². The Labute approximate surface area is 160 Å². The second-order valence-electron chi connectivity index (χ2n) is 6.94. The molecule has 4 heterocycles. The second kappa shape index (κ2) is 6.03. The summed E-state index contributed by atoms with van der Waals surface area (Å²) in [5.41, 5.74) is 7.57. The molecule has 0 unspecified atom stereocenters. The van der Waals surface area contributed by atoms with Crippen molar-refractivity contribution < 1.29 is 0 Å². The van der Waals surface area contributed by atoms with Crippen molar-refractivity contribution in [2.45, 2.75) is 27.3 Å². The number of aromatic amines is 1. The van der Waals surface area contributed by atoms with Crippen molar-refractivity contribution in [2.24, 2.45) is 0 Å². The van der Waals surface area contributed by atoms with Crippen LogP contribution >= 0.6 is 11.3 Å². The van der Waals surface area contributed by atoms with Crippen LogP contribution in [0.2, 0.25) is 0 Å². The van der Waals surface area contributed by atoms with Crippen LogP contribution in [-0.4, -0.2) is 24.5 Å². The number of aromatic nitrogens is 5. The van der Waals surface area contributed by atoms with Crippen molar-refractivity contribution >= 4 is 33.4 Å². The van der Waals surface area contributed by atoms with Gasteiger partial charge >= 0.3 is 0 Å².